The van der Waals surface area contributed by atoms with Gasteiger partial charge in [0.1, 0.15) is 17.3 Å². The standard InChI is InChI=1S/C23H24N4O4/c1-28-17-9-6-5-8-15(17)14-25-22-20(26-23-24-10-7-11-27(22)23)16-12-18(29-2)21(31-4)19(13-16)30-3/h5-13,25H,14H2,1-4H3. The van der Waals surface area contributed by atoms with Crippen LogP contribution in [0.2, 0.25) is 0 Å². The molecule has 4 aromatic rings. The highest BCUT2D eigenvalue weighted by Gasteiger charge is 2.20. The van der Waals surface area contributed by atoms with Crippen molar-refractivity contribution < 1.29 is 18.9 Å². The highest BCUT2D eigenvalue weighted by Crippen LogP contribution is 2.42. The van der Waals surface area contributed by atoms with Crippen LogP contribution in [0.25, 0.3) is 17.0 Å². The number of fused-ring (bicyclic) bond motifs is 1. The van der Waals surface area contributed by atoms with Gasteiger partial charge >= 0.3 is 0 Å². The summed E-state index contributed by atoms with van der Waals surface area (Å²) in [6.45, 7) is 0.546. The molecule has 4 rings (SSSR count). The fourth-order valence-electron chi connectivity index (χ4n) is 3.50. The quantitative estimate of drug-likeness (QED) is 0.461. The minimum Gasteiger partial charge on any atom is -0.496 e. The number of ether oxygens (including phenoxy) is 4. The number of anilines is 1. The van der Waals surface area contributed by atoms with Crippen LogP contribution in [0.1, 0.15) is 5.56 Å². The topological polar surface area (TPSA) is 79.1 Å². The van der Waals surface area contributed by atoms with E-state index in [1.807, 2.05) is 53.1 Å². The van der Waals surface area contributed by atoms with E-state index in [4.69, 9.17) is 23.9 Å². The number of para-hydroxylation sites is 1. The van der Waals surface area contributed by atoms with Gasteiger partial charge in [-0.3, -0.25) is 4.40 Å². The molecule has 0 unspecified atom stereocenters. The molecule has 0 radical (unpaired) electrons. The number of imidazole rings is 1. The molecule has 0 saturated heterocycles. The lowest BCUT2D eigenvalue weighted by atomic mass is 10.1. The van der Waals surface area contributed by atoms with Gasteiger partial charge in [0, 0.05) is 30.1 Å². The summed E-state index contributed by atoms with van der Waals surface area (Å²) in [6, 6.07) is 13.5. The highest BCUT2D eigenvalue weighted by atomic mass is 16.5. The third-order valence-electron chi connectivity index (χ3n) is 4.98. The summed E-state index contributed by atoms with van der Waals surface area (Å²) in [6.07, 6.45) is 3.63. The molecule has 0 saturated carbocycles. The second-order valence-electron chi connectivity index (χ2n) is 6.68. The normalized spacial score (nSPS) is 10.7. The zero-order valence-electron chi connectivity index (χ0n) is 17.9. The van der Waals surface area contributed by atoms with Crippen molar-refractivity contribution in [3.63, 3.8) is 0 Å². The zero-order chi connectivity index (χ0) is 21.8. The van der Waals surface area contributed by atoms with Crippen LogP contribution in [0.4, 0.5) is 5.82 Å². The predicted molar refractivity (Wildman–Crippen MR) is 118 cm³/mol. The molecule has 0 spiro atoms. The minimum absolute atomic E-state index is 0.527. The maximum Gasteiger partial charge on any atom is 0.235 e. The van der Waals surface area contributed by atoms with Gasteiger partial charge in [0.05, 0.1) is 28.4 Å². The van der Waals surface area contributed by atoms with Gasteiger partial charge in [0.25, 0.3) is 0 Å². The van der Waals surface area contributed by atoms with Crippen LogP contribution < -0.4 is 24.3 Å². The summed E-state index contributed by atoms with van der Waals surface area (Å²) in [4.78, 5) is 9.15. The van der Waals surface area contributed by atoms with E-state index in [9.17, 15) is 0 Å². The number of benzene rings is 2. The van der Waals surface area contributed by atoms with Crippen molar-refractivity contribution in [2.45, 2.75) is 6.54 Å². The number of nitrogens with one attached hydrogen (secondary N) is 1. The van der Waals surface area contributed by atoms with E-state index in [2.05, 4.69) is 10.3 Å². The van der Waals surface area contributed by atoms with E-state index >= 15 is 0 Å². The lowest BCUT2D eigenvalue weighted by Crippen LogP contribution is -2.05. The number of nitrogens with zero attached hydrogens (tertiary/aromatic N) is 3. The molecule has 0 aliphatic heterocycles. The van der Waals surface area contributed by atoms with Crippen molar-refractivity contribution in [1.82, 2.24) is 14.4 Å². The minimum atomic E-state index is 0.527. The van der Waals surface area contributed by atoms with E-state index < -0.39 is 0 Å². The summed E-state index contributed by atoms with van der Waals surface area (Å²) in [5.41, 5.74) is 2.55. The molecule has 2 aromatic carbocycles. The summed E-state index contributed by atoms with van der Waals surface area (Å²) < 4.78 is 23.9. The first kappa shape index (κ1) is 20.3. The van der Waals surface area contributed by atoms with Crippen LogP contribution in [0.5, 0.6) is 23.0 Å². The molecule has 0 aliphatic carbocycles. The number of rotatable bonds is 8. The molecule has 1 N–H and O–H groups in total. The Morgan fingerprint density at radius 1 is 0.871 bits per heavy atom. The molecule has 0 aliphatic rings. The van der Waals surface area contributed by atoms with Gasteiger partial charge in [-0.2, -0.15) is 0 Å². The van der Waals surface area contributed by atoms with Gasteiger partial charge in [-0.25, -0.2) is 9.97 Å². The average molecular weight is 420 g/mol. The Kier molecular flexibility index (Phi) is 5.79. The first-order valence-electron chi connectivity index (χ1n) is 9.69. The lowest BCUT2D eigenvalue weighted by Gasteiger charge is -2.15. The Morgan fingerprint density at radius 2 is 1.58 bits per heavy atom. The third-order valence-corrected chi connectivity index (χ3v) is 4.98. The van der Waals surface area contributed by atoms with Crippen molar-refractivity contribution >= 4 is 11.6 Å². The summed E-state index contributed by atoms with van der Waals surface area (Å²) in [7, 11) is 6.42. The summed E-state index contributed by atoms with van der Waals surface area (Å²) in [5, 5.41) is 3.50. The number of aromatic nitrogens is 3. The predicted octanol–water partition coefficient (Wildman–Crippen LogP) is 4.04. The Morgan fingerprint density at radius 3 is 2.26 bits per heavy atom. The van der Waals surface area contributed by atoms with Gasteiger partial charge in [0.15, 0.2) is 11.5 Å². The van der Waals surface area contributed by atoms with E-state index in [1.165, 1.54) is 0 Å². The Bertz CT molecular complexity index is 1180. The van der Waals surface area contributed by atoms with Crippen molar-refractivity contribution in [1.29, 1.82) is 0 Å². The molecule has 0 fully saturated rings. The Hall–Kier alpha value is -3.94. The fraction of sp³-hybridized carbons (Fsp3) is 0.217. The summed E-state index contributed by atoms with van der Waals surface area (Å²) >= 11 is 0. The van der Waals surface area contributed by atoms with Gasteiger partial charge < -0.3 is 24.3 Å². The second kappa shape index (κ2) is 8.83. The highest BCUT2D eigenvalue weighted by molar-refractivity contribution is 5.79. The van der Waals surface area contributed by atoms with Crippen LogP contribution in [-0.4, -0.2) is 42.8 Å². The van der Waals surface area contributed by atoms with Crippen LogP contribution in [-0.2, 0) is 6.54 Å². The van der Waals surface area contributed by atoms with Crippen molar-refractivity contribution in [2.75, 3.05) is 33.8 Å². The molecule has 8 heteroatoms. The van der Waals surface area contributed by atoms with Crippen LogP contribution in [0, 0.1) is 0 Å². The van der Waals surface area contributed by atoms with Gasteiger partial charge in [-0.15, -0.1) is 0 Å². The fourth-order valence-corrected chi connectivity index (χ4v) is 3.50. The maximum absolute atomic E-state index is 5.52. The molecular weight excluding hydrogens is 396 g/mol. The average Bonchev–Trinajstić information content (AvgIpc) is 3.20. The van der Waals surface area contributed by atoms with E-state index in [0.717, 1.165) is 22.7 Å². The second-order valence-corrected chi connectivity index (χ2v) is 6.68. The molecule has 0 atom stereocenters. The SMILES string of the molecule is COc1ccccc1CNc1c(-c2cc(OC)c(OC)c(OC)c2)nc2ncccn12. The number of hydrogen-bond acceptors (Lipinski definition) is 7. The van der Waals surface area contributed by atoms with Crippen LogP contribution >= 0.6 is 0 Å². The van der Waals surface area contributed by atoms with Gasteiger partial charge in [-0.1, -0.05) is 18.2 Å². The van der Waals surface area contributed by atoms with Crippen molar-refractivity contribution in [2.24, 2.45) is 0 Å². The molecule has 2 aromatic heterocycles. The van der Waals surface area contributed by atoms with E-state index in [1.54, 1.807) is 34.6 Å². The number of methoxy groups -OCH3 is 4. The summed E-state index contributed by atoms with van der Waals surface area (Å²) in [5.74, 6) is 3.82. The largest absolute Gasteiger partial charge is 0.496 e. The molecule has 31 heavy (non-hydrogen) atoms. The van der Waals surface area contributed by atoms with Gasteiger partial charge in [0.2, 0.25) is 11.5 Å². The zero-order valence-corrected chi connectivity index (χ0v) is 17.9. The molecule has 8 nitrogen and oxygen atoms in total. The first-order chi connectivity index (χ1) is 15.2. The molecule has 0 amide bonds. The molecule has 0 bridgehead atoms. The van der Waals surface area contributed by atoms with E-state index in [-0.39, 0.29) is 0 Å². The first-order valence-corrected chi connectivity index (χ1v) is 9.69. The third kappa shape index (κ3) is 3.79. The number of hydrogen-bond donors (Lipinski definition) is 1. The smallest absolute Gasteiger partial charge is 0.235 e. The van der Waals surface area contributed by atoms with Gasteiger partial charge in [-0.05, 0) is 24.3 Å². The Labute approximate surface area is 180 Å². The maximum atomic E-state index is 5.52. The van der Waals surface area contributed by atoms with E-state index in [0.29, 0.717) is 35.3 Å². The molecular formula is C23H24N4O4. The van der Waals surface area contributed by atoms with Crippen LogP contribution in [0.3, 0.4) is 0 Å². The molecule has 2 heterocycles. The van der Waals surface area contributed by atoms with Crippen molar-refractivity contribution in [3.05, 3.63) is 60.4 Å². The van der Waals surface area contributed by atoms with Crippen molar-refractivity contribution in [3.8, 4) is 34.3 Å². The molecule has 160 valence electrons. The monoisotopic (exact) mass is 420 g/mol. The lowest BCUT2D eigenvalue weighted by molar-refractivity contribution is 0.324. The Balaban J connectivity index is 1.82. The van der Waals surface area contributed by atoms with Crippen LogP contribution in [0.15, 0.2) is 54.9 Å².